The highest BCUT2D eigenvalue weighted by Gasteiger charge is 2.30. The van der Waals surface area contributed by atoms with Crippen molar-refractivity contribution < 1.29 is 13.2 Å². The van der Waals surface area contributed by atoms with Gasteiger partial charge >= 0.3 is 0 Å². The van der Waals surface area contributed by atoms with Crippen LogP contribution in [-0.2, 0) is 23.0 Å². The van der Waals surface area contributed by atoms with Gasteiger partial charge in [-0.05, 0) is 72.4 Å². The summed E-state index contributed by atoms with van der Waals surface area (Å²) < 4.78 is 31.2. The van der Waals surface area contributed by atoms with Crippen molar-refractivity contribution in [2.45, 2.75) is 51.0 Å². The van der Waals surface area contributed by atoms with E-state index in [-0.39, 0.29) is 10.8 Å². The SMILES string of the molecule is CCCn1c(=NC(=O)c2ccc(S(=O)(=O)N3CCc4ccccc43)cc2)sc2cc(C(C)C)ccc21. The van der Waals surface area contributed by atoms with E-state index in [4.69, 9.17) is 0 Å². The number of carbonyl (C=O) groups excluding carboxylic acids is 1. The smallest absolute Gasteiger partial charge is 0.279 e. The van der Waals surface area contributed by atoms with E-state index in [0.717, 1.165) is 34.4 Å². The Balaban J connectivity index is 1.46. The zero-order valence-electron chi connectivity index (χ0n) is 20.6. The lowest BCUT2D eigenvalue weighted by Crippen LogP contribution is -2.29. The Kier molecular flexibility index (Phi) is 6.57. The predicted molar refractivity (Wildman–Crippen MR) is 145 cm³/mol. The number of anilines is 1. The summed E-state index contributed by atoms with van der Waals surface area (Å²) in [6.07, 6.45) is 1.61. The minimum Gasteiger partial charge on any atom is -0.316 e. The average molecular weight is 520 g/mol. The van der Waals surface area contributed by atoms with Gasteiger partial charge in [-0.1, -0.05) is 56.4 Å². The molecule has 4 aromatic rings. The van der Waals surface area contributed by atoms with Crippen molar-refractivity contribution in [3.8, 4) is 0 Å². The van der Waals surface area contributed by atoms with Gasteiger partial charge in [-0.2, -0.15) is 4.99 Å². The van der Waals surface area contributed by atoms with Gasteiger partial charge in [0.15, 0.2) is 4.80 Å². The van der Waals surface area contributed by atoms with Crippen LogP contribution in [0.2, 0.25) is 0 Å². The predicted octanol–water partition coefficient (Wildman–Crippen LogP) is 5.73. The molecule has 1 aromatic heterocycles. The van der Waals surface area contributed by atoms with E-state index < -0.39 is 10.0 Å². The summed E-state index contributed by atoms with van der Waals surface area (Å²) in [5, 5.41) is 0. The second-order valence-corrected chi connectivity index (χ2v) is 12.2. The maximum atomic E-state index is 13.3. The van der Waals surface area contributed by atoms with Crippen molar-refractivity contribution in [3.63, 3.8) is 0 Å². The normalized spacial score (nSPS) is 14.1. The van der Waals surface area contributed by atoms with Gasteiger partial charge in [-0.25, -0.2) is 8.42 Å². The van der Waals surface area contributed by atoms with Gasteiger partial charge in [0, 0.05) is 18.7 Å². The fourth-order valence-corrected chi connectivity index (χ4v) is 7.19. The molecule has 1 amide bonds. The van der Waals surface area contributed by atoms with Crippen molar-refractivity contribution in [1.82, 2.24) is 4.57 Å². The third kappa shape index (κ3) is 4.40. The van der Waals surface area contributed by atoms with Crippen LogP contribution < -0.4 is 9.11 Å². The van der Waals surface area contributed by atoms with Crippen LogP contribution in [0.1, 0.15) is 54.6 Å². The standard InChI is InChI=1S/C28H29N3O3S2/c1-4-16-30-25-14-11-22(19(2)3)18-26(25)35-28(30)29-27(32)21-9-12-23(13-10-21)36(33,34)31-17-15-20-7-5-6-8-24(20)31/h5-14,18-19H,4,15-17H2,1-3H3. The molecule has 36 heavy (non-hydrogen) atoms. The second kappa shape index (κ2) is 9.67. The van der Waals surface area contributed by atoms with Gasteiger partial charge in [0.25, 0.3) is 15.9 Å². The Hall–Kier alpha value is -3.23. The van der Waals surface area contributed by atoms with Gasteiger partial charge in [0.2, 0.25) is 0 Å². The molecular weight excluding hydrogens is 490 g/mol. The zero-order valence-corrected chi connectivity index (χ0v) is 22.3. The summed E-state index contributed by atoms with van der Waals surface area (Å²) in [4.78, 5) is 18.3. The van der Waals surface area contributed by atoms with Gasteiger partial charge in [0.1, 0.15) is 0 Å². The molecular formula is C28H29N3O3S2. The van der Waals surface area contributed by atoms with Gasteiger partial charge in [0.05, 0.1) is 20.8 Å². The van der Waals surface area contributed by atoms with Crippen molar-refractivity contribution in [3.05, 3.63) is 88.2 Å². The van der Waals surface area contributed by atoms with E-state index >= 15 is 0 Å². The highest BCUT2D eigenvalue weighted by atomic mass is 32.2. The molecule has 0 saturated heterocycles. The Morgan fingerprint density at radius 1 is 1.06 bits per heavy atom. The van der Waals surface area contributed by atoms with E-state index in [9.17, 15) is 13.2 Å². The maximum Gasteiger partial charge on any atom is 0.279 e. The average Bonchev–Trinajstić information content (AvgIpc) is 3.46. The molecule has 1 aliphatic rings. The van der Waals surface area contributed by atoms with Crippen molar-refractivity contribution in [2.75, 3.05) is 10.8 Å². The number of thiazole rings is 1. The molecule has 8 heteroatoms. The summed E-state index contributed by atoms with van der Waals surface area (Å²) in [5.41, 5.74) is 4.43. The molecule has 0 N–H and O–H groups in total. The highest BCUT2D eigenvalue weighted by molar-refractivity contribution is 7.92. The Labute approximate surface area is 215 Å². The fraction of sp³-hybridized carbons (Fsp3) is 0.286. The first-order valence-corrected chi connectivity index (χ1v) is 14.5. The minimum atomic E-state index is -3.71. The lowest BCUT2D eigenvalue weighted by molar-refractivity contribution is 0.0997. The molecule has 0 bridgehead atoms. The fourth-order valence-electron chi connectivity index (χ4n) is 4.58. The summed E-state index contributed by atoms with van der Waals surface area (Å²) in [7, 11) is -3.71. The molecule has 1 aliphatic heterocycles. The van der Waals surface area contributed by atoms with Gasteiger partial charge < -0.3 is 4.57 Å². The highest BCUT2D eigenvalue weighted by Crippen LogP contribution is 2.32. The number of hydrogen-bond donors (Lipinski definition) is 0. The topological polar surface area (TPSA) is 71.7 Å². The lowest BCUT2D eigenvalue weighted by Gasteiger charge is -2.19. The first kappa shape index (κ1) is 24.5. The van der Waals surface area contributed by atoms with E-state index in [2.05, 4.69) is 48.5 Å². The summed E-state index contributed by atoms with van der Waals surface area (Å²) in [6, 6.07) is 20.1. The summed E-state index contributed by atoms with van der Waals surface area (Å²) in [6.45, 7) is 7.61. The van der Waals surface area contributed by atoms with Crippen LogP contribution in [0.5, 0.6) is 0 Å². The Morgan fingerprint density at radius 2 is 1.81 bits per heavy atom. The minimum absolute atomic E-state index is 0.167. The van der Waals surface area contributed by atoms with Gasteiger partial charge in [-0.15, -0.1) is 0 Å². The first-order chi connectivity index (χ1) is 17.3. The van der Waals surface area contributed by atoms with Crippen molar-refractivity contribution >= 4 is 43.2 Å². The molecule has 0 saturated carbocycles. The number of amides is 1. The molecule has 2 heterocycles. The lowest BCUT2D eigenvalue weighted by atomic mass is 10.0. The maximum absolute atomic E-state index is 13.3. The van der Waals surface area contributed by atoms with Crippen LogP contribution >= 0.6 is 11.3 Å². The monoisotopic (exact) mass is 519 g/mol. The third-order valence-electron chi connectivity index (χ3n) is 6.55. The third-order valence-corrected chi connectivity index (χ3v) is 9.42. The van der Waals surface area contributed by atoms with Crippen LogP contribution in [0.4, 0.5) is 5.69 Å². The number of carbonyl (C=O) groups is 1. The second-order valence-electron chi connectivity index (χ2n) is 9.32. The number of rotatable bonds is 6. The molecule has 0 aliphatic carbocycles. The van der Waals surface area contributed by atoms with E-state index in [0.29, 0.717) is 29.2 Å². The number of benzene rings is 3. The van der Waals surface area contributed by atoms with E-state index in [1.165, 1.54) is 33.3 Å². The molecule has 5 rings (SSSR count). The molecule has 0 spiro atoms. The molecule has 3 aromatic carbocycles. The molecule has 0 radical (unpaired) electrons. The zero-order chi connectivity index (χ0) is 25.4. The van der Waals surface area contributed by atoms with Gasteiger partial charge in [-0.3, -0.25) is 9.10 Å². The van der Waals surface area contributed by atoms with Crippen LogP contribution in [0.25, 0.3) is 10.2 Å². The largest absolute Gasteiger partial charge is 0.316 e. The van der Waals surface area contributed by atoms with Crippen molar-refractivity contribution in [1.29, 1.82) is 0 Å². The van der Waals surface area contributed by atoms with Crippen LogP contribution in [0.15, 0.2) is 76.6 Å². The Bertz CT molecular complexity index is 1610. The van der Waals surface area contributed by atoms with Crippen molar-refractivity contribution in [2.24, 2.45) is 4.99 Å². The number of sulfonamides is 1. The van der Waals surface area contributed by atoms with Crippen LogP contribution in [-0.4, -0.2) is 25.4 Å². The number of aryl methyl sites for hydroxylation is 1. The number of fused-ring (bicyclic) bond motifs is 2. The number of hydrogen-bond acceptors (Lipinski definition) is 4. The summed E-state index contributed by atoms with van der Waals surface area (Å²) >= 11 is 1.51. The number of nitrogens with zero attached hydrogens (tertiary/aromatic N) is 3. The molecule has 6 nitrogen and oxygen atoms in total. The molecule has 0 fully saturated rings. The quantitative estimate of drug-likeness (QED) is 0.327. The Morgan fingerprint density at radius 3 is 2.53 bits per heavy atom. The molecule has 186 valence electrons. The van der Waals surface area contributed by atoms with Crippen LogP contribution in [0.3, 0.4) is 0 Å². The molecule has 0 unspecified atom stereocenters. The summed E-state index contributed by atoms with van der Waals surface area (Å²) in [5.74, 6) is 0.0351. The van der Waals surface area contributed by atoms with Crippen LogP contribution in [0, 0.1) is 0 Å². The van der Waals surface area contributed by atoms with E-state index in [1.807, 2.05) is 24.3 Å². The first-order valence-electron chi connectivity index (χ1n) is 12.2. The number of aromatic nitrogens is 1. The van der Waals surface area contributed by atoms with E-state index in [1.54, 1.807) is 12.1 Å². The molecule has 0 atom stereocenters. The number of para-hydroxylation sites is 1.